The van der Waals surface area contributed by atoms with Gasteiger partial charge < -0.3 is 4.90 Å². The Hall–Kier alpha value is -1.38. The molecule has 2 saturated carbocycles. The van der Waals surface area contributed by atoms with E-state index in [-0.39, 0.29) is 5.91 Å². The fourth-order valence-electron chi connectivity index (χ4n) is 2.77. The average molecular weight is 228 g/mol. The number of hydrogen-bond donors (Lipinski definition) is 0. The van der Waals surface area contributed by atoms with Crippen molar-refractivity contribution >= 4 is 5.91 Å². The second-order valence-electron chi connectivity index (χ2n) is 5.67. The molecule has 17 heavy (non-hydrogen) atoms. The zero-order valence-corrected chi connectivity index (χ0v) is 10.1. The molecule has 0 saturated heterocycles. The highest BCUT2D eigenvalue weighted by molar-refractivity contribution is 5.98. The van der Waals surface area contributed by atoms with Gasteiger partial charge >= 0.3 is 0 Å². The van der Waals surface area contributed by atoms with Crippen LogP contribution in [0.25, 0.3) is 0 Å². The topological polar surface area (TPSA) is 33.2 Å². The standard InChI is InChI=1S/C14H16N2O/c1-16-7-11-10(14(16)17)6-12(8-2-3-8)15-13(11)9-4-5-9/h6,8-9H,2-5,7H2,1H3. The molecule has 2 aliphatic carbocycles. The Morgan fingerprint density at radius 1 is 1.24 bits per heavy atom. The summed E-state index contributed by atoms with van der Waals surface area (Å²) in [4.78, 5) is 18.8. The molecule has 3 heteroatoms. The minimum Gasteiger partial charge on any atom is -0.337 e. The van der Waals surface area contributed by atoms with Crippen molar-refractivity contribution in [3.8, 4) is 0 Å². The number of pyridine rings is 1. The summed E-state index contributed by atoms with van der Waals surface area (Å²) in [7, 11) is 1.88. The first-order chi connectivity index (χ1) is 8.24. The molecule has 2 fully saturated rings. The first-order valence-corrected chi connectivity index (χ1v) is 6.53. The summed E-state index contributed by atoms with van der Waals surface area (Å²) < 4.78 is 0. The van der Waals surface area contributed by atoms with E-state index in [2.05, 4.69) is 6.07 Å². The predicted octanol–water partition coefficient (Wildman–Crippen LogP) is 2.42. The summed E-state index contributed by atoms with van der Waals surface area (Å²) in [6.07, 6.45) is 5.01. The number of amides is 1. The van der Waals surface area contributed by atoms with Gasteiger partial charge in [0.25, 0.3) is 5.91 Å². The maximum absolute atomic E-state index is 12.1. The lowest BCUT2D eigenvalue weighted by Crippen LogP contribution is -2.17. The number of aromatic nitrogens is 1. The lowest BCUT2D eigenvalue weighted by molar-refractivity contribution is 0.0816. The van der Waals surface area contributed by atoms with Crippen molar-refractivity contribution in [2.45, 2.75) is 44.1 Å². The second-order valence-corrected chi connectivity index (χ2v) is 5.67. The molecule has 1 aliphatic heterocycles. The molecule has 0 aromatic carbocycles. The zero-order valence-electron chi connectivity index (χ0n) is 10.1. The van der Waals surface area contributed by atoms with E-state index in [9.17, 15) is 4.79 Å². The van der Waals surface area contributed by atoms with Gasteiger partial charge in [-0.15, -0.1) is 0 Å². The van der Waals surface area contributed by atoms with Gasteiger partial charge in [0.1, 0.15) is 0 Å². The third-order valence-corrected chi connectivity index (χ3v) is 4.11. The maximum atomic E-state index is 12.1. The van der Waals surface area contributed by atoms with Crippen LogP contribution in [-0.4, -0.2) is 22.8 Å². The van der Waals surface area contributed by atoms with Crippen LogP contribution in [-0.2, 0) is 6.54 Å². The number of carbonyl (C=O) groups is 1. The highest BCUT2D eigenvalue weighted by Gasteiger charge is 2.37. The number of rotatable bonds is 2. The largest absolute Gasteiger partial charge is 0.337 e. The Labute approximate surface area is 101 Å². The van der Waals surface area contributed by atoms with E-state index in [1.165, 1.54) is 42.6 Å². The summed E-state index contributed by atoms with van der Waals surface area (Å²) >= 11 is 0. The van der Waals surface area contributed by atoms with Crippen molar-refractivity contribution in [2.75, 3.05) is 7.05 Å². The Balaban J connectivity index is 1.88. The highest BCUT2D eigenvalue weighted by atomic mass is 16.2. The normalized spacial score (nSPS) is 23.1. The van der Waals surface area contributed by atoms with Gasteiger partial charge in [-0.05, 0) is 31.7 Å². The van der Waals surface area contributed by atoms with E-state index in [4.69, 9.17) is 4.98 Å². The third kappa shape index (κ3) is 1.41. The van der Waals surface area contributed by atoms with Gasteiger partial charge in [-0.25, -0.2) is 0 Å². The van der Waals surface area contributed by atoms with Crippen LogP contribution in [0.2, 0.25) is 0 Å². The van der Waals surface area contributed by atoms with Gasteiger partial charge in [-0.2, -0.15) is 0 Å². The molecule has 0 spiro atoms. The molecule has 1 amide bonds. The summed E-state index contributed by atoms with van der Waals surface area (Å²) in [6.45, 7) is 0.762. The van der Waals surface area contributed by atoms with E-state index in [0.717, 1.165) is 12.1 Å². The molecular formula is C14H16N2O. The molecule has 1 aromatic rings. The van der Waals surface area contributed by atoms with Gasteiger partial charge in [-0.3, -0.25) is 9.78 Å². The monoisotopic (exact) mass is 228 g/mol. The predicted molar refractivity (Wildman–Crippen MR) is 64.0 cm³/mol. The van der Waals surface area contributed by atoms with Crippen LogP contribution in [0.1, 0.15) is 64.8 Å². The highest BCUT2D eigenvalue weighted by Crippen LogP contribution is 2.46. The number of hydrogen-bond acceptors (Lipinski definition) is 2. The first-order valence-electron chi connectivity index (χ1n) is 6.53. The van der Waals surface area contributed by atoms with Crippen LogP contribution in [0.4, 0.5) is 0 Å². The van der Waals surface area contributed by atoms with E-state index >= 15 is 0 Å². The molecular weight excluding hydrogens is 212 g/mol. The van der Waals surface area contributed by atoms with Crippen LogP contribution < -0.4 is 0 Å². The molecule has 0 bridgehead atoms. The smallest absolute Gasteiger partial charge is 0.254 e. The second kappa shape index (κ2) is 3.09. The minimum absolute atomic E-state index is 0.186. The molecule has 1 aromatic heterocycles. The third-order valence-electron chi connectivity index (χ3n) is 4.11. The van der Waals surface area contributed by atoms with E-state index < -0.39 is 0 Å². The van der Waals surface area contributed by atoms with Gasteiger partial charge in [0.2, 0.25) is 0 Å². The molecule has 3 aliphatic rings. The minimum atomic E-state index is 0.186. The summed E-state index contributed by atoms with van der Waals surface area (Å²) in [5, 5.41) is 0. The summed E-state index contributed by atoms with van der Waals surface area (Å²) in [5.41, 5.74) is 4.56. The molecule has 0 atom stereocenters. The Bertz CT molecular complexity index is 515. The molecule has 2 heterocycles. The fraction of sp³-hybridized carbons (Fsp3) is 0.571. The fourth-order valence-corrected chi connectivity index (χ4v) is 2.77. The van der Waals surface area contributed by atoms with E-state index in [0.29, 0.717) is 11.8 Å². The van der Waals surface area contributed by atoms with Crippen LogP contribution in [0.15, 0.2) is 6.07 Å². The number of nitrogens with zero attached hydrogens (tertiary/aromatic N) is 2. The Morgan fingerprint density at radius 2 is 1.94 bits per heavy atom. The van der Waals surface area contributed by atoms with Crippen molar-refractivity contribution < 1.29 is 4.79 Å². The van der Waals surface area contributed by atoms with E-state index in [1.807, 2.05) is 11.9 Å². The maximum Gasteiger partial charge on any atom is 0.254 e. The molecule has 4 rings (SSSR count). The zero-order chi connectivity index (χ0) is 11.6. The molecule has 88 valence electrons. The van der Waals surface area contributed by atoms with Crippen molar-refractivity contribution in [1.82, 2.24) is 9.88 Å². The SMILES string of the molecule is CN1Cc2c(cc(C3CC3)nc2C2CC2)C1=O. The molecule has 0 radical (unpaired) electrons. The van der Waals surface area contributed by atoms with Crippen LogP contribution >= 0.6 is 0 Å². The lowest BCUT2D eigenvalue weighted by atomic mass is 10.0. The molecule has 3 nitrogen and oxygen atoms in total. The van der Waals surface area contributed by atoms with Gasteiger partial charge in [0.05, 0.1) is 0 Å². The van der Waals surface area contributed by atoms with Gasteiger partial charge in [0.15, 0.2) is 0 Å². The van der Waals surface area contributed by atoms with Crippen LogP contribution in [0.3, 0.4) is 0 Å². The first kappa shape index (κ1) is 9.63. The van der Waals surface area contributed by atoms with Crippen molar-refractivity contribution in [3.63, 3.8) is 0 Å². The number of carbonyl (C=O) groups excluding carboxylic acids is 1. The van der Waals surface area contributed by atoms with Crippen molar-refractivity contribution in [2.24, 2.45) is 0 Å². The van der Waals surface area contributed by atoms with E-state index in [1.54, 1.807) is 0 Å². The van der Waals surface area contributed by atoms with Crippen molar-refractivity contribution in [1.29, 1.82) is 0 Å². The average Bonchev–Trinajstić information content (AvgIpc) is 3.19. The summed E-state index contributed by atoms with van der Waals surface area (Å²) in [6, 6.07) is 2.06. The van der Waals surface area contributed by atoms with Gasteiger partial charge in [0, 0.05) is 47.9 Å². The van der Waals surface area contributed by atoms with Gasteiger partial charge in [-0.1, -0.05) is 0 Å². The van der Waals surface area contributed by atoms with Crippen molar-refractivity contribution in [3.05, 3.63) is 28.6 Å². The molecule has 0 N–H and O–H groups in total. The van der Waals surface area contributed by atoms with Crippen LogP contribution in [0.5, 0.6) is 0 Å². The lowest BCUT2D eigenvalue weighted by Gasteiger charge is -2.08. The number of fused-ring (bicyclic) bond motifs is 1. The quantitative estimate of drug-likeness (QED) is 0.778. The van der Waals surface area contributed by atoms with Crippen LogP contribution in [0, 0.1) is 0 Å². The summed E-state index contributed by atoms with van der Waals surface area (Å²) in [5.74, 6) is 1.46. The molecule has 0 unspecified atom stereocenters. The Kier molecular flexibility index (Phi) is 1.75. The Morgan fingerprint density at radius 3 is 2.59 bits per heavy atom.